The zero-order valence-corrected chi connectivity index (χ0v) is 16.0. The number of nitrogens with two attached hydrogens (primary N) is 1. The predicted octanol–water partition coefficient (Wildman–Crippen LogP) is 2.77. The molecule has 4 rings (SSSR count). The van der Waals surface area contributed by atoms with Gasteiger partial charge in [-0.25, -0.2) is 19.3 Å². The predicted molar refractivity (Wildman–Crippen MR) is 100 cm³/mol. The number of anilines is 2. The number of carboxylic acids is 1. The highest BCUT2D eigenvalue weighted by Gasteiger charge is 2.52. The first-order valence-electron chi connectivity index (χ1n) is 8.78. The van der Waals surface area contributed by atoms with Crippen LogP contribution in [0.4, 0.5) is 24.1 Å². The Morgan fingerprint density at radius 1 is 1.41 bits per heavy atom. The van der Waals surface area contributed by atoms with Crippen LogP contribution in [0.5, 0.6) is 0 Å². The second-order valence-corrected chi connectivity index (χ2v) is 8.14. The Balaban J connectivity index is 1.69. The van der Waals surface area contributed by atoms with Crippen LogP contribution in [0.3, 0.4) is 0 Å². The number of halogens is 3. The zero-order chi connectivity index (χ0) is 20.9. The van der Waals surface area contributed by atoms with E-state index in [-0.39, 0.29) is 30.0 Å². The fourth-order valence-electron chi connectivity index (χ4n) is 3.83. The van der Waals surface area contributed by atoms with Crippen molar-refractivity contribution in [3.05, 3.63) is 34.6 Å². The van der Waals surface area contributed by atoms with Gasteiger partial charge in [-0.15, -0.1) is 11.3 Å². The van der Waals surface area contributed by atoms with Gasteiger partial charge < -0.3 is 15.7 Å². The summed E-state index contributed by atoms with van der Waals surface area (Å²) in [6.07, 6.45) is -1.48. The molecule has 0 aromatic carbocycles. The van der Waals surface area contributed by atoms with Gasteiger partial charge in [-0.3, -0.25) is 0 Å². The standard InChI is InChI=1S/C17H17F3N6O2S/c1-8-11(23-16(21)29-8)6-9-2-4-25(13(9)17(18,19)20)12-3-5-26-14(24-12)10(7-22-26)15(27)28/h3,5,7,9,13H,2,4,6H2,1H3,(H2,21,23)(H,27,28)/t9?,13-/m0/s1. The quantitative estimate of drug-likeness (QED) is 0.660. The van der Waals surface area contributed by atoms with Crippen LogP contribution in [0.15, 0.2) is 18.5 Å². The number of carboxylic acid groups (broad SMARTS) is 1. The summed E-state index contributed by atoms with van der Waals surface area (Å²) in [5.74, 6) is -1.88. The van der Waals surface area contributed by atoms with Crippen molar-refractivity contribution in [2.24, 2.45) is 5.92 Å². The average molecular weight is 426 g/mol. The number of hydrogen-bond donors (Lipinski definition) is 2. The molecule has 154 valence electrons. The molecular weight excluding hydrogens is 409 g/mol. The first-order chi connectivity index (χ1) is 13.6. The molecule has 0 bridgehead atoms. The van der Waals surface area contributed by atoms with Crippen molar-refractivity contribution in [1.82, 2.24) is 19.6 Å². The molecule has 4 heterocycles. The van der Waals surface area contributed by atoms with Gasteiger partial charge in [-0.05, 0) is 31.7 Å². The molecule has 0 saturated carbocycles. The molecular formula is C17H17F3N6O2S. The number of carbonyl (C=O) groups is 1. The molecule has 0 amide bonds. The number of nitrogen functional groups attached to an aromatic ring is 1. The van der Waals surface area contributed by atoms with E-state index in [2.05, 4.69) is 15.1 Å². The molecule has 1 unspecified atom stereocenters. The monoisotopic (exact) mass is 426 g/mol. The number of aromatic nitrogens is 4. The van der Waals surface area contributed by atoms with E-state index in [9.17, 15) is 23.1 Å². The summed E-state index contributed by atoms with van der Waals surface area (Å²) >= 11 is 1.26. The van der Waals surface area contributed by atoms with Gasteiger partial charge in [0.25, 0.3) is 0 Å². The maximum Gasteiger partial charge on any atom is 0.409 e. The van der Waals surface area contributed by atoms with Gasteiger partial charge in [0.05, 0.1) is 11.9 Å². The van der Waals surface area contributed by atoms with E-state index in [1.165, 1.54) is 33.0 Å². The van der Waals surface area contributed by atoms with Crippen LogP contribution in [0.2, 0.25) is 0 Å². The van der Waals surface area contributed by atoms with E-state index in [0.717, 1.165) is 11.1 Å². The zero-order valence-electron chi connectivity index (χ0n) is 15.2. The number of alkyl halides is 3. The molecule has 3 aromatic heterocycles. The lowest BCUT2D eigenvalue weighted by atomic mass is 9.94. The van der Waals surface area contributed by atoms with Gasteiger partial charge in [-0.1, -0.05) is 0 Å². The number of thiazole rings is 1. The van der Waals surface area contributed by atoms with Crippen LogP contribution in [-0.4, -0.2) is 49.4 Å². The second kappa shape index (κ2) is 6.87. The normalized spacial score (nSPS) is 19.9. The van der Waals surface area contributed by atoms with E-state index in [4.69, 9.17) is 5.73 Å². The molecule has 3 N–H and O–H groups in total. The van der Waals surface area contributed by atoms with Crippen LogP contribution >= 0.6 is 11.3 Å². The third kappa shape index (κ3) is 3.48. The van der Waals surface area contributed by atoms with Crippen molar-refractivity contribution >= 4 is 33.9 Å². The fourth-order valence-corrected chi connectivity index (χ4v) is 4.55. The first kappa shape index (κ1) is 19.4. The Labute approximate surface area is 166 Å². The molecule has 12 heteroatoms. The molecule has 1 aliphatic rings. The smallest absolute Gasteiger partial charge is 0.409 e. The summed E-state index contributed by atoms with van der Waals surface area (Å²) in [6.45, 7) is 1.94. The molecule has 0 spiro atoms. The summed E-state index contributed by atoms with van der Waals surface area (Å²) in [6, 6.07) is -0.338. The molecule has 8 nitrogen and oxygen atoms in total. The number of aromatic carboxylic acids is 1. The molecule has 3 aromatic rings. The largest absolute Gasteiger partial charge is 0.477 e. The maximum absolute atomic E-state index is 14.0. The lowest BCUT2D eigenvalue weighted by molar-refractivity contribution is -0.154. The highest BCUT2D eigenvalue weighted by Crippen LogP contribution is 2.41. The molecule has 29 heavy (non-hydrogen) atoms. The maximum atomic E-state index is 14.0. The minimum atomic E-state index is -4.49. The molecule has 1 saturated heterocycles. The van der Waals surface area contributed by atoms with Crippen LogP contribution < -0.4 is 10.6 Å². The highest BCUT2D eigenvalue weighted by molar-refractivity contribution is 7.15. The lowest BCUT2D eigenvalue weighted by Crippen LogP contribution is -2.45. The topological polar surface area (TPSA) is 110 Å². The Bertz CT molecular complexity index is 1080. The summed E-state index contributed by atoms with van der Waals surface area (Å²) < 4.78 is 43.2. The van der Waals surface area contributed by atoms with E-state index in [0.29, 0.717) is 17.2 Å². The third-order valence-electron chi connectivity index (χ3n) is 5.10. The summed E-state index contributed by atoms with van der Waals surface area (Å²) in [5, 5.41) is 13.5. The highest BCUT2D eigenvalue weighted by atomic mass is 32.1. The molecule has 2 atom stereocenters. The van der Waals surface area contributed by atoms with Gasteiger partial charge in [0.2, 0.25) is 0 Å². The van der Waals surface area contributed by atoms with E-state index >= 15 is 0 Å². The Morgan fingerprint density at radius 3 is 2.79 bits per heavy atom. The first-order valence-corrected chi connectivity index (χ1v) is 9.59. The minimum Gasteiger partial charge on any atom is -0.477 e. The second-order valence-electron chi connectivity index (χ2n) is 6.91. The molecule has 0 radical (unpaired) electrons. The molecule has 0 aliphatic carbocycles. The van der Waals surface area contributed by atoms with Gasteiger partial charge in [0, 0.05) is 17.6 Å². The van der Waals surface area contributed by atoms with E-state index in [1.54, 1.807) is 6.92 Å². The van der Waals surface area contributed by atoms with Gasteiger partial charge in [0.1, 0.15) is 17.4 Å². The van der Waals surface area contributed by atoms with Crippen molar-refractivity contribution in [1.29, 1.82) is 0 Å². The molecule has 1 aliphatic heterocycles. The number of aryl methyl sites for hydroxylation is 1. The van der Waals surface area contributed by atoms with Crippen LogP contribution in [0, 0.1) is 12.8 Å². The minimum absolute atomic E-state index is 0.00231. The van der Waals surface area contributed by atoms with E-state index in [1.807, 2.05) is 0 Å². The van der Waals surface area contributed by atoms with Gasteiger partial charge in [-0.2, -0.15) is 18.3 Å². The summed E-state index contributed by atoms with van der Waals surface area (Å²) in [5.41, 5.74) is 6.10. The van der Waals surface area contributed by atoms with Crippen molar-refractivity contribution in [3.8, 4) is 0 Å². The van der Waals surface area contributed by atoms with Crippen molar-refractivity contribution < 1.29 is 23.1 Å². The number of hydrogen-bond acceptors (Lipinski definition) is 7. The Kier molecular flexibility index (Phi) is 4.60. The van der Waals surface area contributed by atoms with Crippen LogP contribution in [0.1, 0.15) is 27.3 Å². The van der Waals surface area contributed by atoms with Crippen LogP contribution in [-0.2, 0) is 6.42 Å². The van der Waals surface area contributed by atoms with Gasteiger partial charge >= 0.3 is 12.1 Å². The lowest BCUT2D eigenvalue weighted by Gasteiger charge is -2.30. The Morgan fingerprint density at radius 2 is 2.17 bits per heavy atom. The fraction of sp³-hybridized carbons (Fsp3) is 0.412. The van der Waals surface area contributed by atoms with Crippen LogP contribution in [0.25, 0.3) is 5.65 Å². The van der Waals surface area contributed by atoms with Crippen molar-refractivity contribution in [2.45, 2.75) is 32.0 Å². The SMILES string of the molecule is Cc1sc(N)nc1CC1CCN(c2ccn3ncc(C(=O)O)c3n2)[C@@H]1C(F)(F)F. The average Bonchev–Trinajstić information content (AvgIpc) is 3.31. The summed E-state index contributed by atoms with van der Waals surface area (Å²) in [7, 11) is 0. The summed E-state index contributed by atoms with van der Waals surface area (Å²) in [4.78, 5) is 21.7. The number of fused-ring (bicyclic) bond motifs is 1. The number of nitrogens with zero attached hydrogens (tertiary/aromatic N) is 5. The third-order valence-corrected chi connectivity index (χ3v) is 5.94. The van der Waals surface area contributed by atoms with Crippen molar-refractivity contribution in [3.63, 3.8) is 0 Å². The molecule has 1 fully saturated rings. The van der Waals surface area contributed by atoms with Gasteiger partial charge in [0.15, 0.2) is 10.8 Å². The van der Waals surface area contributed by atoms with Crippen molar-refractivity contribution in [2.75, 3.05) is 17.2 Å². The number of rotatable bonds is 4. The Hall–Kier alpha value is -2.89. The van der Waals surface area contributed by atoms with E-state index < -0.39 is 24.1 Å².